The van der Waals surface area contributed by atoms with Crippen LogP contribution in [-0.2, 0) is 24.5 Å². The third kappa shape index (κ3) is 4.37. The van der Waals surface area contributed by atoms with E-state index in [4.69, 9.17) is 10.5 Å². The van der Waals surface area contributed by atoms with E-state index in [-0.39, 0.29) is 11.8 Å². The number of pyridine rings is 1. The summed E-state index contributed by atoms with van der Waals surface area (Å²) >= 11 is 0. The summed E-state index contributed by atoms with van der Waals surface area (Å²) in [5, 5.41) is 2.77. The minimum Gasteiger partial charge on any atom is -0.489 e. The van der Waals surface area contributed by atoms with Crippen LogP contribution in [0.4, 0.5) is 5.69 Å². The van der Waals surface area contributed by atoms with Gasteiger partial charge in [0.05, 0.1) is 6.54 Å². The molecule has 2 amide bonds. The van der Waals surface area contributed by atoms with Crippen molar-refractivity contribution in [1.29, 1.82) is 0 Å². The Morgan fingerprint density at radius 2 is 1.79 bits per heavy atom. The van der Waals surface area contributed by atoms with E-state index in [1.165, 1.54) is 5.56 Å². The average Bonchev–Trinajstić information content (AvgIpc) is 3.17. The maximum Gasteiger partial charge on any atom is 0.255 e. The van der Waals surface area contributed by atoms with E-state index in [0.717, 1.165) is 23.4 Å². The number of nitrogens with zero attached hydrogens (tertiary/aromatic N) is 2. The molecule has 0 spiro atoms. The molecule has 0 radical (unpaired) electrons. The smallest absolute Gasteiger partial charge is 0.255 e. The summed E-state index contributed by atoms with van der Waals surface area (Å²) in [6.45, 7) is 5.34. The first-order valence-corrected chi connectivity index (χ1v) is 11.3. The zero-order chi connectivity index (χ0) is 23.7. The highest BCUT2D eigenvalue weighted by Crippen LogP contribution is 2.34. The lowest BCUT2D eigenvalue weighted by molar-refractivity contribution is -0.688. The number of anilines is 1. The van der Waals surface area contributed by atoms with Gasteiger partial charge in [-0.15, -0.1) is 0 Å². The summed E-state index contributed by atoms with van der Waals surface area (Å²) in [5.74, 6) is 0.380. The number of aromatic nitrogens is 1. The molecule has 3 heterocycles. The summed E-state index contributed by atoms with van der Waals surface area (Å²) in [6.07, 6.45) is 5.18. The maximum atomic E-state index is 13.0. The van der Waals surface area contributed by atoms with Gasteiger partial charge in [0.25, 0.3) is 5.91 Å². The number of carbonyl (C=O) groups is 2. The van der Waals surface area contributed by atoms with Crippen molar-refractivity contribution in [1.82, 2.24) is 10.2 Å². The van der Waals surface area contributed by atoms with Gasteiger partial charge in [-0.25, -0.2) is 4.57 Å². The van der Waals surface area contributed by atoms with Crippen molar-refractivity contribution in [3.05, 3.63) is 102 Å². The second-order valence-electron chi connectivity index (χ2n) is 8.77. The SMILES string of the molecule is C=C1CCC(N2Cc3c(OCc4ccc(C[n+]5ccc(N)cc5)cc4)cccc3C2=O)C(=O)N1. The van der Waals surface area contributed by atoms with Crippen LogP contribution in [0.2, 0.25) is 0 Å². The number of allylic oxidation sites excluding steroid dienone is 1. The number of ether oxygens (including phenoxy) is 1. The van der Waals surface area contributed by atoms with Gasteiger partial charge >= 0.3 is 0 Å². The lowest BCUT2D eigenvalue weighted by Gasteiger charge is -2.31. The number of fused-ring (bicyclic) bond motifs is 1. The van der Waals surface area contributed by atoms with Gasteiger partial charge in [0, 0.05) is 40.2 Å². The molecule has 7 nitrogen and oxygen atoms in total. The van der Waals surface area contributed by atoms with E-state index in [2.05, 4.69) is 28.6 Å². The van der Waals surface area contributed by atoms with Crippen molar-refractivity contribution in [2.45, 2.75) is 38.6 Å². The van der Waals surface area contributed by atoms with E-state index in [0.29, 0.717) is 43.0 Å². The quantitative estimate of drug-likeness (QED) is 0.560. The zero-order valence-electron chi connectivity index (χ0n) is 18.9. The first kappa shape index (κ1) is 21.7. The largest absolute Gasteiger partial charge is 0.489 e. The van der Waals surface area contributed by atoms with Gasteiger partial charge in [0.2, 0.25) is 5.91 Å². The Morgan fingerprint density at radius 1 is 1.06 bits per heavy atom. The number of nitrogen functional groups attached to an aromatic ring is 1. The lowest BCUT2D eigenvalue weighted by Crippen LogP contribution is -2.49. The summed E-state index contributed by atoms with van der Waals surface area (Å²) < 4.78 is 8.19. The number of benzene rings is 2. The second kappa shape index (κ2) is 9.02. The van der Waals surface area contributed by atoms with E-state index in [1.807, 2.05) is 48.8 Å². The molecule has 0 saturated carbocycles. The summed E-state index contributed by atoms with van der Waals surface area (Å²) in [4.78, 5) is 27.1. The molecule has 1 unspecified atom stereocenters. The third-order valence-corrected chi connectivity index (χ3v) is 6.35. The number of nitrogens with one attached hydrogen (secondary N) is 1. The van der Waals surface area contributed by atoms with Crippen LogP contribution in [0, 0.1) is 0 Å². The Hall–Kier alpha value is -4.13. The maximum absolute atomic E-state index is 13.0. The van der Waals surface area contributed by atoms with Gasteiger partial charge in [-0.2, -0.15) is 0 Å². The van der Waals surface area contributed by atoms with Gasteiger partial charge in [0.15, 0.2) is 18.9 Å². The molecule has 3 N–H and O–H groups in total. The van der Waals surface area contributed by atoms with Crippen molar-refractivity contribution in [2.75, 3.05) is 5.73 Å². The standard InChI is InChI=1S/C27H26N4O3/c1-18-5-10-24(26(32)29-18)31-16-23-22(27(31)33)3-2-4-25(23)34-17-20-8-6-19(7-9-20)15-30-13-11-21(28)12-14-30/h2-4,6-9,11-14,24,28H,1,5,10,15-17H2,(H,29,32)/p+1. The Kier molecular flexibility index (Phi) is 5.76. The van der Waals surface area contributed by atoms with Crippen LogP contribution in [0.5, 0.6) is 5.75 Å². The number of carbonyl (C=O) groups excluding carboxylic acids is 2. The molecule has 172 valence electrons. The van der Waals surface area contributed by atoms with Crippen molar-refractivity contribution < 1.29 is 18.9 Å². The number of hydrogen-bond acceptors (Lipinski definition) is 4. The molecule has 0 bridgehead atoms. The van der Waals surface area contributed by atoms with Crippen LogP contribution >= 0.6 is 0 Å². The van der Waals surface area contributed by atoms with Crippen molar-refractivity contribution in [2.24, 2.45) is 0 Å². The second-order valence-corrected chi connectivity index (χ2v) is 8.77. The number of amides is 2. The van der Waals surface area contributed by atoms with Gasteiger partial charge in [-0.1, -0.05) is 36.9 Å². The van der Waals surface area contributed by atoms with Crippen molar-refractivity contribution >= 4 is 17.5 Å². The molecule has 1 saturated heterocycles. The summed E-state index contributed by atoms with van der Waals surface area (Å²) in [7, 11) is 0. The van der Waals surface area contributed by atoms with Gasteiger partial charge in [-0.3, -0.25) is 9.59 Å². The molecule has 2 aromatic carbocycles. The molecule has 1 aromatic heterocycles. The molecule has 1 atom stereocenters. The first-order valence-electron chi connectivity index (χ1n) is 11.3. The van der Waals surface area contributed by atoms with Crippen molar-refractivity contribution in [3.63, 3.8) is 0 Å². The molecule has 2 aliphatic heterocycles. The summed E-state index contributed by atoms with van der Waals surface area (Å²) in [6, 6.07) is 17.0. The van der Waals surface area contributed by atoms with Gasteiger partial charge in [0.1, 0.15) is 18.4 Å². The van der Waals surface area contributed by atoms with Crippen LogP contribution in [0.1, 0.15) is 39.9 Å². The predicted octanol–water partition coefficient (Wildman–Crippen LogP) is 2.93. The van der Waals surface area contributed by atoms with Crippen LogP contribution in [0.25, 0.3) is 0 Å². The van der Waals surface area contributed by atoms with Crippen molar-refractivity contribution in [3.8, 4) is 5.75 Å². The number of piperidine rings is 1. The van der Waals surface area contributed by atoms with Gasteiger partial charge in [-0.05, 0) is 30.5 Å². The molecule has 0 aliphatic carbocycles. The highest BCUT2D eigenvalue weighted by molar-refractivity contribution is 6.02. The molecular weight excluding hydrogens is 428 g/mol. The first-order chi connectivity index (χ1) is 16.5. The van der Waals surface area contributed by atoms with E-state index in [1.54, 1.807) is 11.0 Å². The fourth-order valence-electron chi connectivity index (χ4n) is 4.46. The Bertz CT molecular complexity index is 1250. The number of rotatable bonds is 6. The average molecular weight is 456 g/mol. The molecule has 5 rings (SSSR count). The van der Waals surface area contributed by atoms with Crippen LogP contribution in [-0.4, -0.2) is 22.8 Å². The van der Waals surface area contributed by atoms with E-state index < -0.39 is 6.04 Å². The zero-order valence-corrected chi connectivity index (χ0v) is 18.9. The normalized spacial score (nSPS) is 17.5. The Morgan fingerprint density at radius 3 is 2.53 bits per heavy atom. The molecule has 34 heavy (non-hydrogen) atoms. The van der Waals surface area contributed by atoms with Crippen LogP contribution in [0.15, 0.2) is 79.3 Å². The number of hydrogen-bond donors (Lipinski definition) is 2. The minimum absolute atomic E-state index is 0.127. The molecule has 7 heteroatoms. The van der Waals surface area contributed by atoms with Crippen LogP contribution < -0.4 is 20.4 Å². The minimum atomic E-state index is -0.482. The van der Waals surface area contributed by atoms with Gasteiger partial charge < -0.3 is 20.7 Å². The highest BCUT2D eigenvalue weighted by Gasteiger charge is 2.39. The molecular formula is C27H27N4O3+. The Labute approximate surface area is 198 Å². The third-order valence-electron chi connectivity index (χ3n) is 6.35. The topological polar surface area (TPSA) is 88.5 Å². The fourth-order valence-corrected chi connectivity index (χ4v) is 4.46. The lowest BCUT2D eigenvalue weighted by atomic mass is 10.0. The summed E-state index contributed by atoms with van der Waals surface area (Å²) in [5.41, 5.74) is 10.8. The van der Waals surface area contributed by atoms with Crippen LogP contribution in [0.3, 0.4) is 0 Å². The molecule has 1 fully saturated rings. The monoisotopic (exact) mass is 455 g/mol. The molecule has 3 aromatic rings. The van der Waals surface area contributed by atoms with E-state index in [9.17, 15) is 9.59 Å². The fraction of sp³-hybridized carbons (Fsp3) is 0.222. The predicted molar refractivity (Wildman–Crippen MR) is 128 cm³/mol. The highest BCUT2D eigenvalue weighted by atomic mass is 16.5. The molecule has 2 aliphatic rings. The van der Waals surface area contributed by atoms with E-state index >= 15 is 0 Å². The number of nitrogens with two attached hydrogens (primary N) is 1. The Balaban J connectivity index is 1.25.